The number of hydrogen-bond acceptors (Lipinski definition) is 26. The second-order valence-corrected chi connectivity index (χ2v) is 25.9. The first-order valence-electron chi connectivity index (χ1n) is 19.2. The molecule has 1 heterocycles. The Hall–Kier alpha value is -6.53. The summed E-state index contributed by atoms with van der Waals surface area (Å²) in [5.41, 5.74) is 2.65. The second kappa shape index (κ2) is 21.0. The molecule has 0 amide bonds. The average Bonchev–Trinajstić information content (AvgIpc) is 3.26. The highest BCUT2D eigenvalue weighted by Crippen LogP contribution is 2.46. The quantitative estimate of drug-likeness (QED) is 0.0292. The van der Waals surface area contributed by atoms with E-state index in [0.29, 0.717) is 12.1 Å². The van der Waals surface area contributed by atoms with Crippen LogP contribution in [0.3, 0.4) is 0 Å². The van der Waals surface area contributed by atoms with Crippen molar-refractivity contribution < 1.29 is 91.0 Å². The summed E-state index contributed by atoms with van der Waals surface area (Å²) >= 11 is 6.09. The minimum absolute atomic E-state index is 0.124. The van der Waals surface area contributed by atoms with Crippen LogP contribution in [0.4, 0.5) is 51.7 Å². The third kappa shape index (κ3) is 14.4. The summed E-state index contributed by atoms with van der Waals surface area (Å²) in [7, 11) is -34.3. The molecule has 6 rings (SSSR count). The van der Waals surface area contributed by atoms with Gasteiger partial charge in [-0.3, -0.25) is 22.8 Å². The first-order valence-corrected chi connectivity index (χ1v) is 30.2. The van der Waals surface area contributed by atoms with Crippen LogP contribution in [-0.2, 0) is 74.7 Å². The third-order valence-corrected chi connectivity index (χ3v) is 17.0. The Morgan fingerprint density at radius 2 is 1.07 bits per heavy atom. The molecule has 0 fully saturated rings. The standard InChI is InChI=1S/C35H31ClN10O21S7/c36-33-40-34(38-18-1-4-20(5-2-18)68(48,49)12-11-67-74(64,65)66)42-35(41-33)39-19-3-10-27(71(55,56)57)26(15-19)44-46-31-29(73(61,62)63)17-23-22(32(31)47)7-8-24(37)30(23)45-43-25-9-6-21(16-28(25)72(58,59)60)69(50,51)13-14-70(52,53)54/h1-10,15-17,47H,11-14,37H2,(H,52,53,54)(H,55,56,57)(H,58,59,60)(H,61,62,63)(H,64,65,66)(H2,38,39,40,41,42). The van der Waals surface area contributed by atoms with Gasteiger partial charge in [-0.2, -0.15) is 57.0 Å². The average molecular weight is 1190 g/mol. The van der Waals surface area contributed by atoms with Crippen LogP contribution in [-0.4, -0.2) is 126 Å². The molecule has 10 N–H and O–H groups in total. The van der Waals surface area contributed by atoms with Crippen LogP contribution in [0, 0.1) is 0 Å². The number of halogens is 1. The molecule has 39 heteroatoms. The fraction of sp³-hybridized carbons (Fsp3) is 0.114. The Labute approximate surface area is 423 Å². The second-order valence-electron chi connectivity index (χ2n) is 14.5. The molecule has 0 aliphatic carbocycles. The van der Waals surface area contributed by atoms with E-state index in [4.69, 9.17) is 26.4 Å². The van der Waals surface area contributed by atoms with Gasteiger partial charge in [0.05, 0.1) is 39.3 Å². The van der Waals surface area contributed by atoms with Gasteiger partial charge in [-0.15, -0.1) is 20.5 Å². The number of aromatic hydroxyl groups is 1. The monoisotopic (exact) mass is 1190 g/mol. The minimum Gasteiger partial charge on any atom is -0.505 e. The van der Waals surface area contributed by atoms with Gasteiger partial charge in [0.25, 0.3) is 40.5 Å². The van der Waals surface area contributed by atoms with E-state index in [1.54, 1.807) is 0 Å². The Bertz CT molecular complexity index is 4150. The maximum absolute atomic E-state index is 12.8. The zero-order chi connectivity index (χ0) is 55.0. The Morgan fingerprint density at radius 3 is 1.65 bits per heavy atom. The van der Waals surface area contributed by atoms with Gasteiger partial charge in [-0.05, 0) is 90.5 Å². The summed E-state index contributed by atoms with van der Waals surface area (Å²) in [6, 6.07) is 12.2. The van der Waals surface area contributed by atoms with Crippen molar-refractivity contribution in [3.05, 3.63) is 84.1 Å². The van der Waals surface area contributed by atoms with Crippen molar-refractivity contribution in [3.8, 4) is 5.75 Å². The normalized spacial score (nSPS) is 13.2. The molecular formula is C35H31ClN10O21S7. The van der Waals surface area contributed by atoms with E-state index < -0.39 is 153 Å². The number of nitrogens with one attached hydrogen (secondary N) is 2. The van der Waals surface area contributed by atoms with Crippen LogP contribution in [0.1, 0.15) is 0 Å². The predicted molar refractivity (Wildman–Crippen MR) is 257 cm³/mol. The summed E-state index contributed by atoms with van der Waals surface area (Å²) in [5, 5.41) is 30.4. The summed E-state index contributed by atoms with van der Waals surface area (Å²) in [6.07, 6.45) is 0. The van der Waals surface area contributed by atoms with Crippen molar-refractivity contribution in [1.82, 2.24) is 15.0 Å². The number of aromatic nitrogens is 3. The molecule has 0 saturated carbocycles. The maximum Gasteiger partial charge on any atom is 0.397 e. The fourth-order valence-electron chi connectivity index (χ4n) is 6.07. The highest BCUT2D eigenvalue weighted by Gasteiger charge is 2.27. The number of phenols is 1. The maximum atomic E-state index is 12.8. The number of rotatable bonds is 20. The molecule has 0 aliphatic heterocycles. The number of nitrogens with two attached hydrogens (primary N) is 1. The number of sulfone groups is 2. The van der Waals surface area contributed by atoms with Gasteiger partial charge in [0.15, 0.2) is 25.4 Å². The van der Waals surface area contributed by atoms with Crippen molar-refractivity contribution in [3.63, 3.8) is 0 Å². The smallest absolute Gasteiger partial charge is 0.397 e. The van der Waals surface area contributed by atoms with E-state index in [2.05, 4.69) is 50.2 Å². The summed E-state index contributed by atoms with van der Waals surface area (Å²) in [6.45, 7) is -0.869. The Balaban J connectivity index is 1.34. The van der Waals surface area contributed by atoms with Crippen molar-refractivity contribution in [1.29, 1.82) is 0 Å². The van der Waals surface area contributed by atoms with E-state index in [-0.39, 0.29) is 39.2 Å². The topological polar surface area (TPSA) is 508 Å². The number of hydrogen-bond donors (Lipinski definition) is 9. The predicted octanol–water partition coefficient (Wildman–Crippen LogP) is 4.28. The highest BCUT2D eigenvalue weighted by atomic mass is 35.5. The van der Waals surface area contributed by atoms with Crippen molar-refractivity contribution in [2.45, 2.75) is 24.5 Å². The number of azo groups is 2. The first-order chi connectivity index (χ1) is 34.0. The summed E-state index contributed by atoms with van der Waals surface area (Å²) in [4.78, 5) is 7.46. The molecule has 0 bridgehead atoms. The van der Waals surface area contributed by atoms with Gasteiger partial charge in [-0.1, -0.05) is 0 Å². The number of nitrogens with zero attached hydrogens (tertiary/aromatic N) is 7. The molecule has 0 atom stereocenters. The molecule has 31 nitrogen and oxygen atoms in total. The molecule has 0 saturated heterocycles. The Kier molecular flexibility index (Phi) is 16.1. The molecule has 74 heavy (non-hydrogen) atoms. The number of benzene rings is 5. The van der Waals surface area contributed by atoms with Gasteiger partial charge in [0.1, 0.15) is 37.4 Å². The van der Waals surface area contributed by atoms with Gasteiger partial charge >= 0.3 is 10.4 Å². The molecule has 0 radical (unpaired) electrons. The minimum atomic E-state index is -5.47. The zero-order valence-corrected chi connectivity index (χ0v) is 42.6. The van der Waals surface area contributed by atoms with Crippen LogP contribution in [0.15, 0.2) is 124 Å². The lowest BCUT2D eigenvalue weighted by molar-refractivity contribution is 0.284. The number of phenolic OH excluding ortho intramolecular Hbond substituents is 1. The Morgan fingerprint density at radius 1 is 0.527 bits per heavy atom. The summed E-state index contributed by atoms with van der Waals surface area (Å²) in [5.74, 6) is -4.97. The van der Waals surface area contributed by atoms with Crippen LogP contribution in [0.2, 0.25) is 5.28 Å². The summed E-state index contributed by atoms with van der Waals surface area (Å²) < 4.78 is 221. The fourth-order valence-corrected chi connectivity index (χ4v) is 12.2. The van der Waals surface area contributed by atoms with Crippen molar-refractivity contribution in [2.75, 3.05) is 40.2 Å². The highest BCUT2D eigenvalue weighted by molar-refractivity contribution is 7.93. The van der Waals surface area contributed by atoms with Crippen LogP contribution < -0.4 is 16.4 Å². The van der Waals surface area contributed by atoms with E-state index in [1.807, 2.05) is 0 Å². The SMILES string of the molecule is Nc1ccc2c(O)c(N=Nc3cc(Nc4nc(Cl)nc(Nc5ccc(S(=O)(=O)CCOS(=O)(=O)O)cc5)n4)ccc3S(=O)(=O)O)c(S(=O)(=O)O)cc2c1N=Nc1ccc(S(=O)(=O)CCS(=O)(=O)O)cc1S(=O)(=O)O. The van der Waals surface area contributed by atoms with Crippen LogP contribution >= 0.6 is 11.6 Å². The lowest BCUT2D eigenvalue weighted by Gasteiger charge is -2.12. The molecule has 5 aromatic carbocycles. The molecule has 0 spiro atoms. The van der Waals surface area contributed by atoms with Gasteiger partial charge < -0.3 is 21.5 Å². The van der Waals surface area contributed by atoms with Crippen molar-refractivity contribution >= 4 is 145 Å². The van der Waals surface area contributed by atoms with Gasteiger partial charge in [0.2, 0.25) is 17.2 Å². The van der Waals surface area contributed by atoms with Crippen LogP contribution in [0.25, 0.3) is 10.8 Å². The zero-order valence-electron chi connectivity index (χ0n) is 36.1. The lowest BCUT2D eigenvalue weighted by atomic mass is 10.1. The largest absolute Gasteiger partial charge is 0.505 e. The molecule has 396 valence electrons. The number of anilines is 5. The first kappa shape index (κ1) is 56.8. The van der Waals surface area contributed by atoms with Crippen LogP contribution in [0.5, 0.6) is 5.75 Å². The van der Waals surface area contributed by atoms with E-state index >= 15 is 0 Å². The van der Waals surface area contributed by atoms with E-state index in [0.717, 1.165) is 54.6 Å². The van der Waals surface area contributed by atoms with Gasteiger partial charge in [0, 0.05) is 22.1 Å². The lowest BCUT2D eigenvalue weighted by Crippen LogP contribution is -2.17. The van der Waals surface area contributed by atoms with E-state index in [9.17, 15) is 77.7 Å². The van der Waals surface area contributed by atoms with Crippen molar-refractivity contribution in [2.24, 2.45) is 20.5 Å². The van der Waals surface area contributed by atoms with Gasteiger partial charge in [-0.25, -0.2) is 21.0 Å². The molecule has 0 aliphatic rings. The van der Waals surface area contributed by atoms with E-state index in [1.165, 1.54) is 12.1 Å². The molecule has 6 aromatic rings. The third-order valence-electron chi connectivity index (χ3n) is 9.36. The molecule has 1 aromatic heterocycles. The molecular weight excluding hydrogens is 1160 g/mol. The number of fused-ring (bicyclic) bond motifs is 1. The molecule has 0 unspecified atom stereocenters. The number of nitrogen functional groups attached to an aromatic ring is 1.